The molecular formula is C21H19ClN2O3. The van der Waals surface area contributed by atoms with Crippen molar-refractivity contribution in [3.05, 3.63) is 52.5 Å². The van der Waals surface area contributed by atoms with Gasteiger partial charge in [0, 0.05) is 31.0 Å². The molecule has 0 N–H and O–H groups in total. The molecule has 0 bridgehead atoms. The molecule has 138 valence electrons. The number of nitrogens with zero attached hydrogens (tertiary/aromatic N) is 2. The number of Topliss-reactive ketones (excluding diaryl/α,β-unsaturated/α-hetero) is 1. The van der Waals surface area contributed by atoms with E-state index in [1.54, 1.807) is 6.07 Å². The Hall–Kier alpha value is -2.53. The topological polar surface area (TPSA) is 55.6 Å². The van der Waals surface area contributed by atoms with Crippen LogP contribution in [0.3, 0.4) is 0 Å². The average molecular weight is 383 g/mol. The first-order chi connectivity index (χ1) is 13.0. The highest BCUT2D eigenvalue weighted by Gasteiger charge is 2.43. The number of aryl methyl sites for hydroxylation is 1. The van der Waals surface area contributed by atoms with Gasteiger partial charge in [-0.05, 0) is 36.8 Å². The lowest BCUT2D eigenvalue weighted by atomic mass is 9.82. The van der Waals surface area contributed by atoms with E-state index in [1.807, 2.05) is 37.3 Å². The Bertz CT molecular complexity index is 1020. The Morgan fingerprint density at radius 2 is 1.96 bits per heavy atom. The van der Waals surface area contributed by atoms with E-state index in [0.717, 1.165) is 42.6 Å². The number of benzene rings is 2. The maximum Gasteiger partial charge on any atom is 0.298 e. The number of oxazole rings is 1. The second-order valence-electron chi connectivity index (χ2n) is 7.43. The van der Waals surface area contributed by atoms with E-state index in [-0.39, 0.29) is 5.78 Å². The van der Waals surface area contributed by atoms with Crippen LogP contribution < -0.4 is 9.64 Å². The summed E-state index contributed by atoms with van der Waals surface area (Å²) in [6.45, 7) is 3.40. The number of hydrogen-bond acceptors (Lipinski definition) is 5. The standard InChI is InChI=1S/C21H19ClN2O3/c1-13-10-19-14(11-15(13)22)17(25)12-21(27-19)6-8-24(9-7-21)20-23-16-4-2-3-5-18(16)26-20/h2-5,10-11H,6-9,12H2,1H3. The van der Waals surface area contributed by atoms with Crippen LogP contribution in [0.2, 0.25) is 5.02 Å². The molecule has 1 aromatic heterocycles. The lowest BCUT2D eigenvalue weighted by molar-refractivity contribution is 0.0226. The molecular weight excluding hydrogens is 364 g/mol. The third-order valence-corrected chi connectivity index (χ3v) is 6.01. The molecule has 6 heteroatoms. The first-order valence-corrected chi connectivity index (χ1v) is 9.54. The highest BCUT2D eigenvalue weighted by Crippen LogP contribution is 2.41. The first-order valence-electron chi connectivity index (χ1n) is 9.16. The van der Waals surface area contributed by atoms with Crippen LogP contribution >= 0.6 is 11.6 Å². The zero-order chi connectivity index (χ0) is 18.6. The molecule has 0 unspecified atom stereocenters. The Morgan fingerprint density at radius 3 is 2.74 bits per heavy atom. The van der Waals surface area contributed by atoms with Gasteiger partial charge in [-0.1, -0.05) is 23.7 Å². The third-order valence-electron chi connectivity index (χ3n) is 5.60. The SMILES string of the molecule is Cc1cc2c(cc1Cl)C(=O)CC1(CCN(c3nc4ccccc4o3)CC1)O2. The highest BCUT2D eigenvalue weighted by molar-refractivity contribution is 6.31. The minimum Gasteiger partial charge on any atom is -0.486 e. The number of ether oxygens (including phenoxy) is 1. The summed E-state index contributed by atoms with van der Waals surface area (Å²) in [5.41, 5.74) is 2.71. The Kier molecular flexibility index (Phi) is 3.69. The first kappa shape index (κ1) is 16.6. The maximum absolute atomic E-state index is 12.7. The Morgan fingerprint density at radius 1 is 1.19 bits per heavy atom. The van der Waals surface area contributed by atoms with Crippen LogP contribution in [0.15, 0.2) is 40.8 Å². The second-order valence-corrected chi connectivity index (χ2v) is 7.84. The summed E-state index contributed by atoms with van der Waals surface area (Å²) in [5, 5.41) is 0.604. The number of carbonyl (C=O) groups is 1. The van der Waals surface area contributed by atoms with Gasteiger partial charge in [0.1, 0.15) is 16.9 Å². The summed E-state index contributed by atoms with van der Waals surface area (Å²) in [4.78, 5) is 19.4. The molecule has 1 spiro atoms. The Balaban J connectivity index is 1.38. The molecule has 0 radical (unpaired) electrons. The van der Waals surface area contributed by atoms with Crippen LogP contribution in [0, 0.1) is 6.92 Å². The van der Waals surface area contributed by atoms with Crippen molar-refractivity contribution in [3.8, 4) is 5.75 Å². The molecule has 2 aromatic carbocycles. The third kappa shape index (κ3) is 2.77. The van der Waals surface area contributed by atoms with E-state index in [0.29, 0.717) is 28.8 Å². The molecule has 0 saturated carbocycles. The van der Waals surface area contributed by atoms with Crippen molar-refractivity contribution in [3.63, 3.8) is 0 Å². The molecule has 27 heavy (non-hydrogen) atoms. The lowest BCUT2D eigenvalue weighted by Gasteiger charge is -2.43. The van der Waals surface area contributed by atoms with E-state index in [9.17, 15) is 4.79 Å². The number of carbonyl (C=O) groups excluding carboxylic acids is 1. The van der Waals surface area contributed by atoms with Gasteiger partial charge in [0.2, 0.25) is 0 Å². The van der Waals surface area contributed by atoms with Crippen molar-refractivity contribution in [2.75, 3.05) is 18.0 Å². The highest BCUT2D eigenvalue weighted by atomic mass is 35.5. The largest absolute Gasteiger partial charge is 0.486 e. The fraction of sp³-hybridized carbons (Fsp3) is 0.333. The van der Waals surface area contributed by atoms with Crippen LogP contribution in [0.25, 0.3) is 11.1 Å². The minimum atomic E-state index is -0.452. The summed E-state index contributed by atoms with van der Waals surface area (Å²) in [5.74, 6) is 0.761. The molecule has 0 aliphatic carbocycles. The average Bonchev–Trinajstić information content (AvgIpc) is 3.08. The van der Waals surface area contributed by atoms with Gasteiger partial charge in [-0.15, -0.1) is 0 Å². The van der Waals surface area contributed by atoms with Gasteiger partial charge >= 0.3 is 0 Å². The zero-order valence-corrected chi connectivity index (χ0v) is 15.8. The molecule has 0 amide bonds. The minimum absolute atomic E-state index is 0.105. The van der Waals surface area contributed by atoms with Gasteiger partial charge in [-0.2, -0.15) is 4.98 Å². The number of hydrogen-bond donors (Lipinski definition) is 0. The number of anilines is 1. The second kappa shape index (κ2) is 5.99. The molecule has 1 saturated heterocycles. The normalized spacial score (nSPS) is 18.6. The van der Waals surface area contributed by atoms with Crippen molar-refractivity contribution in [1.29, 1.82) is 0 Å². The molecule has 2 aliphatic rings. The molecule has 3 heterocycles. The van der Waals surface area contributed by atoms with Crippen molar-refractivity contribution >= 4 is 34.5 Å². The summed E-state index contributed by atoms with van der Waals surface area (Å²) in [7, 11) is 0. The maximum atomic E-state index is 12.7. The van der Waals surface area contributed by atoms with Crippen molar-refractivity contribution < 1.29 is 13.9 Å². The van der Waals surface area contributed by atoms with Gasteiger partial charge in [0.25, 0.3) is 6.01 Å². The number of aromatic nitrogens is 1. The van der Waals surface area contributed by atoms with Crippen LogP contribution in [0.4, 0.5) is 6.01 Å². The quantitative estimate of drug-likeness (QED) is 0.605. The number of para-hydroxylation sites is 2. The summed E-state index contributed by atoms with van der Waals surface area (Å²) in [6, 6.07) is 12.0. The molecule has 2 aliphatic heterocycles. The van der Waals surface area contributed by atoms with Gasteiger partial charge in [-0.3, -0.25) is 4.79 Å². The number of fused-ring (bicyclic) bond motifs is 2. The smallest absolute Gasteiger partial charge is 0.298 e. The summed E-state index contributed by atoms with van der Waals surface area (Å²) >= 11 is 6.18. The van der Waals surface area contributed by atoms with Crippen LogP contribution in [0.5, 0.6) is 5.75 Å². The van der Waals surface area contributed by atoms with E-state index < -0.39 is 5.60 Å². The lowest BCUT2D eigenvalue weighted by Crippen LogP contribution is -2.51. The molecule has 5 rings (SSSR count). The van der Waals surface area contributed by atoms with Crippen molar-refractivity contribution in [1.82, 2.24) is 4.98 Å². The number of piperidine rings is 1. The van der Waals surface area contributed by atoms with E-state index in [1.165, 1.54) is 0 Å². The summed E-state index contributed by atoms with van der Waals surface area (Å²) in [6.07, 6.45) is 1.89. The van der Waals surface area contributed by atoms with Crippen LogP contribution in [-0.4, -0.2) is 29.5 Å². The molecule has 3 aromatic rings. The molecule has 5 nitrogen and oxygen atoms in total. The summed E-state index contributed by atoms with van der Waals surface area (Å²) < 4.78 is 12.2. The monoisotopic (exact) mass is 382 g/mol. The Labute approximate surface area is 161 Å². The fourth-order valence-corrected chi connectivity index (χ4v) is 4.16. The van der Waals surface area contributed by atoms with Gasteiger partial charge in [0.05, 0.1) is 12.0 Å². The van der Waals surface area contributed by atoms with E-state index >= 15 is 0 Å². The van der Waals surface area contributed by atoms with Crippen molar-refractivity contribution in [2.45, 2.75) is 31.8 Å². The van der Waals surface area contributed by atoms with E-state index in [2.05, 4.69) is 9.88 Å². The fourth-order valence-electron chi connectivity index (χ4n) is 3.99. The van der Waals surface area contributed by atoms with Crippen molar-refractivity contribution in [2.24, 2.45) is 0 Å². The van der Waals surface area contributed by atoms with Gasteiger partial charge in [0.15, 0.2) is 11.4 Å². The number of halogens is 1. The molecule has 1 fully saturated rings. The predicted octanol–water partition coefficient (Wildman–Crippen LogP) is 4.79. The molecule has 0 atom stereocenters. The number of rotatable bonds is 1. The zero-order valence-electron chi connectivity index (χ0n) is 15.0. The van der Waals surface area contributed by atoms with Crippen LogP contribution in [0.1, 0.15) is 35.2 Å². The van der Waals surface area contributed by atoms with Crippen LogP contribution in [-0.2, 0) is 0 Å². The van der Waals surface area contributed by atoms with Gasteiger partial charge in [-0.25, -0.2) is 0 Å². The number of ketones is 1. The van der Waals surface area contributed by atoms with Gasteiger partial charge < -0.3 is 14.1 Å². The van der Waals surface area contributed by atoms with E-state index in [4.69, 9.17) is 20.8 Å². The predicted molar refractivity (Wildman–Crippen MR) is 104 cm³/mol.